The number of nitrogens with zero attached hydrogens (tertiary/aromatic N) is 2. The number of benzene rings is 1. The van der Waals surface area contributed by atoms with Gasteiger partial charge in [0.15, 0.2) is 5.96 Å². The summed E-state index contributed by atoms with van der Waals surface area (Å²) in [6.45, 7) is 6.55. The van der Waals surface area contributed by atoms with E-state index in [1.165, 1.54) is 0 Å². The van der Waals surface area contributed by atoms with E-state index in [1.54, 1.807) is 13.1 Å². The van der Waals surface area contributed by atoms with Crippen molar-refractivity contribution >= 4 is 5.96 Å². The van der Waals surface area contributed by atoms with Crippen LogP contribution in [0.4, 0.5) is 4.39 Å². The van der Waals surface area contributed by atoms with Crippen LogP contribution in [0.25, 0.3) is 0 Å². The van der Waals surface area contributed by atoms with Gasteiger partial charge >= 0.3 is 0 Å². The molecule has 1 aromatic carbocycles. The van der Waals surface area contributed by atoms with Crippen molar-refractivity contribution in [2.45, 2.75) is 45.5 Å². The van der Waals surface area contributed by atoms with Crippen molar-refractivity contribution in [3.8, 4) is 0 Å². The Hall–Kier alpha value is -1.66. The SMILES string of the molecule is CN=C(NCc1ccc(F)c(CN(C)C)c1)NC1C2CCOC2C1(C)C. The van der Waals surface area contributed by atoms with Crippen molar-refractivity contribution in [1.29, 1.82) is 0 Å². The molecular formula is C20H31FN4O. The Labute approximate surface area is 156 Å². The van der Waals surface area contributed by atoms with Crippen molar-refractivity contribution in [3.05, 3.63) is 35.1 Å². The number of guanidine groups is 1. The first kappa shape index (κ1) is 19.1. The molecule has 3 unspecified atom stereocenters. The monoisotopic (exact) mass is 362 g/mol. The maximum atomic E-state index is 13.9. The zero-order valence-corrected chi connectivity index (χ0v) is 16.5. The summed E-state index contributed by atoms with van der Waals surface area (Å²) < 4.78 is 19.8. The number of ether oxygens (including phenoxy) is 1. The maximum absolute atomic E-state index is 13.9. The summed E-state index contributed by atoms with van der Waals surface area (Å²) in [5.74, 6) is 1.18. The highest BCUT2D eigenvalue weighted by molar-refractivity contribution is 5.80. The molecule has 6 heteroatoms. The van der Waals surface area contributed by atoms with Crippen molar-refractivity contribution in [2.75, 3.05) is 27.7 Å². The molecule has 3 rings (SSSR count). The van der Waals surface area contributed by atoms with Crippen LogP contribution in [0.5, 0.6) is 0 Å². The summed E-state index contributed by atoms with van der Waals surface area (Å²) in [6.07, 6.45) is 1.46. The summed E-state index contributed by atoms with van der Waals surface area (Å²) in [7, 11) is 5.67. The highest BCUT2D eigenvalue weighted by Gasteiger charge is 2.59. The van der Waals surface area contributed by atoms with Crippen LogP contribution in [-0.4, -0.2) is 50.8 Å². The Kier molecular flexibility index (Phi) is 5.53. The molecule has 0 spiro atoms. The molecule has 144 valence electrons. The number of nitrogens with one attached hydrogen (secondary N) is 2. The zero-order chi connectivity index (χ0) is 18.9. The lowest BCUT2D eigenvalue weighted by atomic mass is 9.57. The maximum Gasteiger partial charge on any atom is 0.191 e. The first-order chi connectivity index (χ1) is 12.3. The second-order valence-corrected chi connectivity index (χ2v) is 8.28. The van der Waals surface area contributed by atoms with Gasteiger partial charge in [-0.2, -0.15) is 0 Å². The van der Waals surface area contributed by atoms with Crippen LogP contribution >= 0.6 is 0 Å². The molecule has 1 aliphatic carbocycles. The van der Waals surface area contributed by atoms with E-state index in [0.29, 0.717) is 36.7 Å². The second kappa shape index (κ2) is 7.53. The fourth-order valence-corrected chi connectivity index (χ4v) is 4.34. The Bertz CT molecular complexity index is 674. The largest absolute Gasteiger partial charge is 0.377 e. The molecule has 1 aromatic rings. The van der Waals surface area contributed by atoms with Gasteiger partial charge in [-0.3, -0.25) is 4.99 Å². The molecule has 1 heterocycles. The van der Waals surface area contributed by atoms with E-state index >= 15 is 0 Å². The lowest BCUT2D eigenvalue weighted by molar-refractivity contribution is -0.106. The standard InChI is InChI=1S/C20H31FN4O/c1-20(2)17(15-8-9-26-18(15)20)24-19(22-3)23-11-13-6-7-16(21)14(10-13)12-25(4)5/h6-7,10,15,17-18H,8-9,11-12H2,1-5H3,(H2,22,23,24). The number of aliphatic imine (C=N–C) groups is 1. The van der Waals surface area contributed by atoms with E-state index < -0.39 is 0 Å². The topological polar surface area (TPSA) is 48.9 Å². The highest BCUT2D eigenvalue weighted by Crippen LogP contribution is 2.52. The molecule has 2 fully saturated rings. The minimum Gasteiger partial charge on any atom is -0.377 e. The Morgan fingerprint density at radius 1 is 1.38 bits per heavy atom. The van der Waals surface area contributed by atoms with E-state index in [-0.39, 0.29) is 11.2 Å². The van der Waals surface area contributed by atoms with Gasteiger partial charge < -0.3 is 20.3 Å². The Morgan fingerprint density at radius 2 is 2.15 bits per heavy atom. The second-order valence-electron chi connectivity index (χ2n) is 8.28. The van der Waals surface area contributed by atoms with Gasteiger partial charge in [-0.15, -0.1) is 0 Å². The van der Waals surface area contributed by atoms with Gasteiger partial charge in [-0.25, -0.2) is 4.39 Å². The Balaban J connectivity index is 1.60. The van der Waals surface area contributed by atoms with E-state index in [9.17, 15) is 4.39 Å². The van der Waals surface area contributed by atoms with E-state index in [0.717, 1.165) is 24.6 Å². The van der Waals surface area contributed by atoms with Crippen LogP contribution in [-0.2, 0) is 17.8 Å². The number of fused-ring (bicyclic) bond motifs is 1. The van der Waals surface area contributed by atoms with Crippen LogP contribution < -0.4 is 10.6 Å². The molecule has 1 aliphatic heterocycles. The van der Waals surface area contributed by atoms with Crippen molar-refractivity contribution in [2.24, 2.45) is 16.3 Å². The number of hydrogen-bond donors (Lipinski definition) is 2. The summed E-state index contributed by atoms with van der Waals surface area (Å²) in [4.78, 5) is 6.33. The van der Waals surface area contributed by atoms with Gasteiger partial charge in [0.05, 0.1) is 6.10 Å². The third kappa shape index (κ3) is 3.71. The van der Waals surface area contributed by atoms with Crippen LogP contribution in [0.1, 0.15) is 31.4 Å². The van der Waals surface area contributed by atoms with Crippen molar-refractivity contribution in [3.63, 3.8) is 0 Å². The third-order valence-corrected chi connectivity index (χ3v) is 5.67. The molecule has 1 saturated carbocycles. The predicted molar refractivity (Wildman–Crippen MR) is 103 cm³/mol. The minimum atomic E-state index is -0.159. The lowest BCUT2D eigenvalue weighted by Gasteiger charge is -2.54. The molecule has 26 heavy (non-hydrogen) atoms. The van der Waals surface area contributed by atoms with Crippen LogP contribution in [0.2, 0.25) is 0 Å². The van der Waals surface area contributed by atoms with Gasteiger partial charge in [0.1, 0.15) is 5.82 Å². The zero-order valence-electron chi connectivity index (χ0n) is 16.5. The van der Waals surface area contributed by atoms with Gasteiger partial charge in [0.25, 0.3) is 0 Å². The average molecular weight is 362 g/mol. The molecule has 5 nitrogen and oxygen atoms in total. The summed E-state index contributed by atoms with van der Waals surface area (Å²) in [6, 6.07) is 5.65. The van der Waals surface area contributed by atoms with Gasteiger partial charge in [0, 0.05) is 49.7 Å². The quantitative estimate of drug-likeness (QED) is 0.624. The van der Waals surface area contributed by atoms with Gasteiger partial charge in [0.2, 0.25) is 0 Å². The first-order valence-electron chi connectivity index (χ1n) is 9.33. The molecule has 0 aromatic heterocycles. The lowest BCUT2D eigenvalue weighted by Crippen LogP contribution is -2.67. The van der Waals surface area contributed by atoms with Crippen molar-refractivity contribution < 1.29 is 9.13 Å². The van der Waals surface area contributed by atoms with Crippen LogP contribution in [0, 0.1) is 17.2 Å². The third-order valence-electron chi connectivity index (χ3n) is 5.67. The number of rotatable bonds is 5. The summed E-state index contributed by atoms with van der Waals surface area (Å²) in [5, 5.41) is 6.93. The minimum absolute atomic E-state index is 0.105. The molecule has 1 saturated heterocycles. The van der Waals surface area contributed by atoms with E-state index in [1.807, 2.05) is 31.1 Å². The smallest absolute Gasteiger partial charge is 0.191 e. The Morgan fingerprint density at radius 3 is 2.85 bits per heavy atom. The fraction of sp³-hybridized carbons (Fsp3) is 0.650. The van der Waals surface area contributed by atoms with E-state index in [4.69, 9.17) is 4.74 Å². The average Bonchev–Trinajstić information content (AvgIpc) is 3.04. The van der Waals surface area contributed by atoms with Crippen molar-refractivity contribution in [1.82, 2.24) is 15.5 Å². The number of halogens is 1. The molecule has 0 radical (unpaired) electrons. The normalized spacial score (nSPS) is 27.2. The highest BCUT2D eigenvalue weighted by atomic mass is 19.1. The van der Waals surface area contributed by atoms with Crippen LogP contribution in [0.3, 0.4) is 0 Å². The molecule has 0 amide bonds. The fourth-order valence-electron chi connectivity index (χ4n) is 4.34. The predicted octanol–water partition coefficient (Wildman–Crippen LogP) is 2.37. The number of hydrogen-bond acceptors (Lipinski definition) is 3. The van der Waals surface area contributed by atoms with Gasteiger partial charge in [-0.05, 0) is 38.2 Å². The molecule has 2 aliphatic rings. The van der Waals surface area contributed by atoms with Gasteiger partial charge in [-0.1, -0.05) is 19.9 Å². The molecule has 0 bridgehead atoms. The first-order valence-corrected chi connectivity index (χ1v) is 9.33. The van der Waals surface area contributed by atoms with E-state index in [2.05, 4.69) is 29.5 Å². The van der Waals surface area contributed by atoms with Crippen LogP contribution in [0.15, 0.2) is 23.2 Å². The molecule has 2 N–H and O–H groups in total. The molecular weight excluding hydrogens is 331 g/mol. The summed E-state index contributed by atoms with van der Waals surface area (Å²) >= 11 is 0. The molecule has 3 atom stereocenters. The summed E-state index contributed by atoms with van der Waals surface area (Å²) in [5.41, 5.74) is 1.86.